The Morgan fingerprint density at radius 2 is 1.91 bits per heavy atom. The molecule has 23 heavy (non-hydrogen) atoms. The molecule has 2 N–H and O–H groups in total. The molecule has 0 aliphatic carbocycles. The molecular formula is C16H16N2O4S. The van der Waals surface area contributed by atoms with E-state index in [-0.39, 0.29) is 23.0 Å². The van der Waals surface area contributed by atoms with Crippen molar-refractivity contribution in [1.82, 2.24) is 5.43 Å². The molecular weight excluding hydrogens is 316 g/mol. The van der Waals surface area contributed by atoms with Crippen molar-refractivity contribution in [3.05, 3.63) is 59.7 Å². The number of phenols is 1. The van der Waals surface area contributed by atoms with Crippen LogP contribution >= 0.6 is 0 Å². The summed E-state index contributed by atoms with van der Waals surface area (Å²) in [6, 6.07) is 12.6. The van der Waals surface area contributed by atoms with E-state index >= 15 is 0 Å². The largest absolute Gasteiger partial charge is 0.508 e. The van der Waals surface area contributed by atoms with Crippen LogP contribution in [0.5, 0.6) is 5.75 Å². The summed E-state index contributed by atoms with van der Waals surface area (Å²) < 4.78 is 22.7. The van der Waals surface area contributed by atoms with Crippen LogP contribution in [0.25, 0.3) is 0 Å². The molecule has 0 unspecified atom stereocenters. The summed E-state index contributed by atoms with van der Waals surface area (Å²) in [7, 11) is -3.23. The van der Waals surface area contributed by atoms with Crippen LogP contribution < -0.4 is 5.43 Å². The van der Waals surface area contributed by atoms with Gasteiger partial charge in [-0.15, -0.1) is 0 Å². The van der Waals surface area contributed by atoms with Crippen molar-refractivity contribution in [2.75, 3.05) is 6.26 Å². The molecule has 0 aromatic heterocycles. The minimum Gasteiger partial charge on any atom is -0.508 e. The second-order valence-corrected chi connectivity index (χ2v) is 7.00. The second-order valence-electron chi connectivity index (χ2n) is 4.98. The Kier molecular flexibility index (Phi) is 5.13. The van der Waals surface area contributed by atoms with Crippen molar-refractivity contribution in [1.29, 1.82) is 0 Å². The summed E-state index contributed by atoms with van der Waals surface area (Å²) in [5.74, 6) is -0.218. The fraction of sp³-hybridized carbons (Fsp3) is 0.125. The number of sulfone groups is 1. The number of carbonyl (C=O) groups is 1. The number of hydrogen-bond donors (Lipinski definition) is 2. The van der Waals surface area contributed by atoms with Gasteiger partial charge >= 0.3 is 0 Å². The maximum Gasteiger partial charge on any atom is 0.244 e. The Bertz CT molecular complexity index is 827. The first-order valence-corrected chi connectivity index (χ1v) is 8.64. The third-order valence-electron chi connectivity index (χ3n) is 2.99. The molecule has 0 radical (unpaired) electrons. The van der Waals surface area contributed by atoms with Gasteiger partial charge in [0.2, 0.25) is 5.91 Å². The Morgan fingerprint density at radius 1 is 1.22 bits per heavy atom. The number of amides is 1. The molecule has 0 bridgehead atoms. The number of phenolic OH excluding ortho intramolecular Hbond substituents is 1. The zero-order valence-corrected chi connectivity index (χ0v) is 13.2. The average Bonchev–Trinajstić information content (AvgIpc) is 2.47. The highest BCUT2D eigenvalue weighted by Gasteiger charge is 2.05. The van der Waals surface area contributed by atoms with Gasteiger partial charge in [-0.05, 0) is 35.4 Å². The number of benzene rings is 2. The molecule has 0 spiro atoms. The monoisotopic (exact) mass is 332 g/mol. The van der Waals surface area contributed by atoms with Crippen LogP contribution in [0.4, 0.5) is 0 Å². The number of hydrogen-bond acceptors (Lipinski definition) is 5. The Morgan fingerprint density at radius 3 is 2.52 bits per heavy atom. The first-order chi connectivity index (χ1) is 10.8. The predicted octanol–water partition coefficient (Wildman–Crippen LogP) is 1.49. The number of nitrogens with one attached hydrogen (secondary N) is 1. The lowest BCUT2D eigenvalue weighted by Crippen LogP contribution is -2.19. The molecule has 1 amide bonds. The van der Waals surface area contributed by atoms with E-state index in [0.29, 0.717) is 11.1 Å². The molecule has 0 heterocycles. The van der Waals surface area contributed by atoms with Crippen LogP contribution in [0.1, 0.15) is 11.1 Å². The SMILES string of the molecule is CS(=O)(=O)c1ccc(/C=N/NC(=O)Cc2cccc(O)c2)cc1. The van der Waals surface area contributed by atoms with Crippen LogP contribution in [0.15, 0.2) is 58.5 Å². The zero-order chi connectivity index (χ0) is 16.9. The molecule has 2 rings (SSSR count). The third kappa shape index (κ3) is 5.23. The van der Waals surface area contributed by atoms with Crippen molar-refractivity contribution in [3.63, 3.8) is 0 Å². The molecule has 2 aromatic rings. The number of aromatic hydroxyl groups is 1. The molecule has 6 nitrogen and oxygen atoms in total. The van der Waals surface area contributed by atoms with Crippen LogP contribution in [0.3, 0.4) is 0 Å². The van der Waals surface area contributed by atoms with Crippen molar-refractivity contribution in [2.24, 2.45) is 5.10 Å². The van der Waals surface area contributed by atoms with E-state index in [4.69, 9.17) is 0 Å². The van der Waals surface area contributed by atoms with E-state index in [1.807, 2.05) is 0 Å². The highest BCUT2D eigenvalue weighted by atomic mass is 32.2. The van der Waals surface area contributed by atoms with Crippen molar-refractivity contribution in [2.45, 2.75) is 11.3 Å². The molecule has 7 heteroatoms. The van der Waals surface area contributed by atoms with E-state index in [1.54, 1.807) is 24.3 Å². The summed E-state index contributed by atoms with van der Waals surface area (Å²) >= 11 is 0. The van der Waals surface area contributed by atoms with Gasteiger partial charge in [-0.3, -0.25) is 4.79 Å². The third-order valence-corrected chi connectivity index (χ3v) is 4.11. The topological polar surface area (TPSA) is 95.8 Å². The van der Waals surface area contributed by atoms with Crippen LogP contribution in [0.2, 0.25) is 0 Å². The highest BCUT2D eigenvalue weighted by molar-refractivity contribution is 7.90. The van der Waals surface area contributed by atoms with Gasteiger partial charge in [0.25, 0.3) is 0 Å². The van der Waals surface area contributed by atoms with Gasteiger partial charge in [0.05, 0.1) is 17.5 Å². The summed E-state index contributed by atoms with van der Waals surface area (Å²) in [4.78, 5) is 11.9. The molecule has 120 valence electrons. The predicted molar refractivity (Wildman–Crippen MR) is 87.1 cm³/mol. The lowest BCUT2D eigenvalue weighted by atomic mass is 10.1. The van der Waals surface area contributed by atoms with Gasteiger partial charge in [-0.25, -0.2) is 13.8 Å². The molecule has 0 saturated heterocycles. The Labute approximate surface area is 134 Å². The lowest BCUT2D eigenvalue weighted by molar-refractivity contribution is -0.120. The number of rotatable bonds is 5. The second kappa shape index (κ2) is 7.06. The minimum atomic E-state index is -3.23. The molecule has 0 saturated carbocycles. The van der Waals surface area contributed by atoms with Crippen molar-refractivity contribution in [3.8, 4) is 5.75 Å². The van der Waals surface area contributed by atoms with Crippen LogP contribution in [0, 0.1) is 0 Å². The first-order valence-electron chi connectivity index (χ1n) is 6.74. The van der Waals surface area contributed by atoms with Gasteiger partial charge < -0.3 is 5.11 Å². The smallest absolute Gasteiger partial charge is 0.244 e. The summed E-state index contributed by atoms with van der Waals surface area (Å²) in [6.45, 7) is 0. The minimum absolute atomic E-state index is 0.0960. The highest BCUT2D eigenvalue weighted by Crippen LogP contribution is 2.11. The molecule has 0 atom stereocenters. The molecule has 0 aliphatic heterocycles. The van der Waals surface area contributed by atoms with Gasteiger partial charge in [0, 0.05) is 6.26 Å². The van der Waals surface area contributed by atoms with E-state index < -0.39 is 9.84 Å². The normalized spacial score (nSPS) is 11.5. The quantitative estimate of drug-likeness (QED) is 0.640. The molecule has 0 aliphatic rings. The standard InChI is InChI=1S/C16H16N2O4S/c1-23(21,22)15-7-5-12(6-8-15)11-17-18-16(20)10-13-3-2-4-14(19)9-13/h2-9,11,19H,10H2,1H3,(H,18,20)/b17-11+. The Hall–Kier alpha value is -2.67. The van der Waals surface area contributed by atoms with Gasteiger partial charge in [-0.1, -0.05) is 24.3 Å². The maximum atomic E-state index is 11.7. The number of nitrogens with zero attached hydrogens (tertiary/aromatic N) is 1. The van der Waals surface area contributed by atoms with E-state index in [9.17, 15) is 18.3 Å². The number of carbonyl (C=O) groups excluding carboxylic acids is 1. The number of hydrazone groups is 1. The zero-order valence-electron chi connectivity index (χ0n) is 12.4. The van der Waals surface area contributed by atoms with Gasteiger partial charge in [-0.2, -0.15) is 5.10 Å². The van der Waals surface area contributed by atoms with E-state index in [1.165, 1.54) is 30.5 Å². The first kappa shape index (κ1) is 16.7. The van der Waals surface area contributed by atoms with Gasteiger partial charge in [0.1, 0.15) is 5.75 Å². The van der Waals surface area contributed by atoms with Crippen LogP contribution in [-0.2, 0) is 21.1 Å². The molecule has 0 fully saturated rings. The summed E-state index contributed by atoms with van der Waals surface area (Å²) in [5.41, 5.74) is 3.71. The summed E-state index contributed by atoms with van der Waals surface area (Å²) in [5, 5.41) is 13.1. The van der Waals surface area contributed by atoms with Crippen LogP contribution in [-0.4, -0.2) is 31.9 Å². The fourth-order valence-corrected chi connectivity index (χ4v) is 2.50. The average molecular weight is 332 g/mol. The van der Waals surface area contributed by atoms with Crippen molar-refractivity contribution >= 4 is 22.0 Å². The Balaban J connectivity index is 1.92. The summed E-state index contributed by atoms with van der Waals surface area (Å²) in [6.07, 6.45) is 2.66. The van der Waals surface area contributed by atoms with Crippen molar-refractivity contribution < 1.29 is 18.3 Å². The van der Waals surface area contributed by atoms with Gasteiger partial charge in [0.15, 0.2) is 9.84 Å². The maximum absolute atomic E-state index is 11.7. The van der Waals surface area contributed by atoms with E-state index in [0.717, 1.165) is 6.26 Å². The lowest BCUT2D eigenvalue weighted by Gasteiger charge is -2.01. The van der Waals surface area contributed by atoms with E-state index in [2.05, 4.69) is 10.5 Å². The fourth-order valence-electron chi connectivity index (χ4n) is 1.87. The molecule has 2 aromatic carbocycles.